The second-order valence-corrected chi connectivity index (χ2v) is 6.56. The number of ketones is 1. The molecule has 0 fully saturated rings. The lowest BCUT2D eigenvalue weighted by molar-refractivity contribution is -0.122. The largest absolute Gasteiger partial charge is 0.330 e. The summed E-state index contributed by atoms with van der Waals surface area (Å²) in [4.78, 5) is 11.9. The lowest BCUT2D eigenvalue weighted by Crippen LogP contribution is -2.15. The van der Waals surface area contributed by atoms with Gasteiger partial charge in [-0.05, 0) is 12.8 Å². The predicted octanol–water partition coefficient (Wildman–Crippen LogP) is 3.65. The molecule has 0 saturated carbocycles. The Morgan fingerprint density at radius 3 is 2.24 bits per heavy atom. The van der Waals surface area contributed by atoms with E-state index in [1.165, 1.54) is 14.2 Å². The Hall–Kier alpha value is -0.180. The van der Waals surface area contributed by atoms with Crippen LogP contribution in [0.1, 0.15) is 46.0 Å². The molecule has 102 valence electrons. The molecule has 4 nitrogen and oxygen atoms in total. The van der Waals surface area contributed by atoms with E-state index in [4.69, 9.17) is 9.05 Å². The van der Waals surface area contributed by atoms with E-state index in [0.717, 1.165) is 25.7 Å². The molecule has 0 aromatic heterocycles. The summed E-state index contributed by atoms with van der Waals surface area (Å²) in [6.07, 6.45) is 4.40. The number of carbonyl (C=O) groups is 1. The highest BCUT2D eigenvalue weighted by atomic mass is 31.2. The minimum atomic E-state index is -3.03. The topological polar surface area (TPSA) is 52.6 Å². The number of rotatable bonds is 10. The van der Waals surface area contributed by atoms with Gasteiger partial charge in [-0.1, -0.05) is 26.7 Å². The van der Waals surface area contributed by atoms with Gasteiger partial charge in [0.25, 0.3) is 0 Å². The first-order valence-electron chi connectivity index (χ1n) is 6.26. The van der Waals surface area contributed by atoms with Crippen LogP contribution < -0.4 is 0 Å². The van der Waals surface area contributed by atoms with E-state index < -0.39 is 7.60 Å². The highest BCUT2D eigenvalue weighted by Gasteiger charge is 2.24. The molecule has 1 atom stereocenters. The van der Waals surface area contributed by atoms with Gasteiger partial charge < -0.3 is 9.05 Å². The zero-order valence-electron chi connectivity index (χ0n) is 11.4. The summed E-state index contributed by atoms with van der Waals surface area (Å²) in [5.41, 5.74) is 0. The minimum absolute atomic E-state index is 0.0945. The Labute approximate surface area is 105 Å². The molecule has 0 rings (SSSR count). The van der Waals surface area contributed by atoms with E-state index in [2.05, 4.69) is 6.92 Å². The molecule has 0 aromatic rings. The van der Waals surface area contributed by atoms with Crippen LogP contribution in [0.4, 0.5) is 0 Å². The van der Waals surface area contributed by atoms with Crippen LogP contribution in [0.3, 0.4) is 0 Å². The summed E-state index contributed by atoms with van der Waals surface area (Å²) in [5.74, 6) is 0.271. The van der Waals surface area contributed by atoms with Crippen molar-refractivity contribution in [1.29, 1.82) is 0 Å². The first-order valence-corrected chi connectivity index (χ1v) is 7.99. The molecule has 0 N–H and O–H groups in total. The number of unbranched alkanes of at least 4 members (excludes halogenated alkanes) is 1. The molecule has 0 aliphatic rings. The highest BCUT2D eigenvalue weighted by Crippen LogP contribution is 2.47. The molecule has 0 aliphatic carbocycles. The normalized spacial score (nSPS) is 13.6. The minimum Gasteiger partial charge on any atom is -0.312 e. The van der Waals surface area contributed by atoms with E-state index in [1.807, 2.05) is 6.92 Å². The Balaban J connectivity index is 4.18. The fourth-order valence-electron chi connectivity index (χ4n) is 1.75. The van der Waals surface area contributed by atoms with Gasteiger partial charge >= 0.3 is 7.60 Å². The van der Waals surface area contributed by atoms with Crippen molar-refractivity contribution in [2.75, 3.05) is 20.4 Å². The van der Waals surface area contributed by atoms with Gasteiger partial charge in [0.15, 0.2) is 0 Å². The monoisotopic (exact) mass is 264 g/mol. The maximum absolute atomic E-state index is 11.9. The maximum atomic E-state index is 11.9. The van der Waals surface area contributed by atoms with Crippen molar-refractivity contribution < 1.29 is 18.4 Å². The summed E-state index contributed by atoms with van der Waals surface area (Å²) in [5, 5.41) is 0. The quantitative estimate of drug-likeness (QED) is 0.565. The van der Waals surface area contributed by atoms with Crippen molar-refractivity contribution in [3.05, 3.63) is 0 Å². The van der Waals surface area contributed by atoms with Gasteiger partial charge in [-0.25, -0.2) is 0 Å². The van der Waals surface area contributed by atoms with Crippen molar-refractivity contribution in [3.8, 4) is 0 Å². The highest BCUT2D eigenvalue weighted by molar-refractivity contribution is 7.53. The first-order chi connectivity index (χ1) is 8.02. The van der Waals surface area contributed by atoms with Crippen LogP contribution in [-0.4, -0.2) is 26.2 Å². The molecule has 5 heteroatoms. The second-order valence-electron chi connectivity index (χ2n) is 4.16. The van der Waals surface area contributed by atoms with Gasteiger partial charge in [-0.15, -0.1) is 0 Å². The van der Waals surface area contributed by atoms with Crippen LogP contribution in [0.15, 0.2) is 0 Å². The zero-order valence-corrected chi connectivity index (χ0v) is 12.3. The van der Waals surface area contributed by atoms with E-state index in [1.54, 1.807) is 0 Å². The molecule has 1 unspecified atom stereocenters. The van der Waals surface area contributed by atoms with Crippen LogP contribution in [-0.2, 0) is 18.4 Å². The molecule has 0 heterocycles. The van der Waals surface area contributed by atoms with Crippen LogP contribution in [0.2, 0.25) is 0 Å². The molecule has 0 aliphatic heterocycles. The van der Waals surface area contributed by atoms with Gasteiger partial charge in [-0.2, -0.15) is 0 Å². The van der Waals surface area contributed by atoms with Crippen LogP contribution >= 0.6 is 7.60 Å². The first kappa shape index (κ1) is 16.8. The summed E-state index contributed by atoms with van der Waals surface area (Å²) in [6.45, 7) is 4.13. The number of carbonyl (C=O) groups excluding carboxylic acids is 1. The van der Waals surface area contributed by atoms with Crippen molar-refractivity contribution in [3.63, 3.8) is 0 Å². The Morgan fingerprint density at radius 2 is 1.82 bits per heavy atom. The van der Waals surface area contributed by atoms with Crippen LogP contribution in [0.5, 0.6) is 0 Å². The third-order valence-corrected chi connectivity index (χ3v) is 4.93. The Morgan fingerprint density at radius 1 is 1.24 bits per heavy atom. The summed E-state index contributed by atoms with van der Waals surface area (Å²) in [6, 6.07) is 0. The van der Waals surface area contributed by atoms with Gasteiger partial charge in [0.2, 0.25) is 0 Å². The standard InChI is InChI=1S/C12H25O4P/c1-5-7-8-11(6-2)12(13)9-10-17(14,15-3)16-4/h11H,5-10H2,1-4H3. The van der Waals surface area contributed by atoms with Crippen molar-refractivity contribution in [2.24, 2.45) is 5.92 Å². The van der Waals surface area contributed by atoms with Crippen LogP contribution in [0.25, 0.3) is 0 Å². The Kier molecular flexibility index (Phi) is 8.75. The van der Waals surface area contributed by atoms with Crippen molar-refractivity contribution in [2.45, 2.75) is 46.0 Å². The van der Waals surface area contributed by atoms with Gasteiger partial charge in [0.1, 0.15) is 5.78 Å². The predicted molar refractivity (Wildman–Crippen MR) is 69.4 cm³/mol. The molecule has 0 spiro atoms. The number of Topliss-reactive ketones (excluding diaryl/α,β-unsaturated/α-hetero) is 1. The Bertz CT molecular complexity index is 257. The van der Waals surface area contributed by atoms with Gasteiger partial charge in [0, 0.05) is 26.6 Å². The molecule has 17 heavy (non-hydrogen) atoms. The van der Waals surface area contributed by atoms with E-state index >= 15 is 0 Å². The average Bonchev–Trinajstić information content (AvgIpc) is 2.36. The molecular weight excluding hydrogens is 239 g/mol. The van der Waals surface area contributed by atoms with Gasteiger partial charge in [-0.3, -0.25) is 9.36 Å². The third kappa shape index (κ3) is 6.35. The lowest BCUT2D eigenvalue weighted by Gasteiger charge is -2.16. The number of hydrogen-bond acceptors (Lipinski definition) is 4. The lowest BCUT2D eigenvalue weighted by atomic mass is 9.93. The average molecular weight is 264 g/mol. The SMILES string of the molecule is CCCCC(CC)C(=O)CCP(=O)(OC)OC. The van der Waals surface area contributed by atoms with Crippen molar-refractivity contribution in [1.82, 2.24) is 0 Å². The van der Waals surface area contributed by atoms with Crippen molar-refractivity contribution >= 4 is 13.4 Å². The molecule has 0 saturated heterocycles. The fourth-order valence-corrected chi connectivity index (χ4v) is 2.76. The summed E-state index contributed by atoms with van der Waals surface area (Å²) in [7, 11) is -0.331. The maximum Gasteiger partial charge on any atom is 0.330 e. The fraction of sp³-hybridized carbons (Fsp3) is 0.917. The van der Waals surface area contributed by atoms with E-state index in [0.29, 0.717) is 0 Å². The summed E-state index contributed by atoms with van der Waals surface area (Å²) >= 11 is 0. The van der Waals surface area contributed by atoms with E-state index in [-0.39, 0.29) is 24.3 Å². The second kappa shape index (κ2) is 8.84. The van der Waals surface area contributed by atoms with Gasteiger partial charge in [0.05, 0.1) is 6.16 Å². The molecular formula is C12H25O4P. The van der Waals surface area contributed by atoms with E-state index in [9.17, 15) is 9.36 Å². The molecule has 0 radical (unpaired) electrons. The molecule has 0 bridgehead atoms. The smallest absolute Gasteiger partial charge is 0.312 e. The summed E-state index contributed by atoms with van der Waals surface area (Å²) < 4.78 is 21.4. The zero-order chi connectivity index (χ0) is 13.3. The van der Waals surface area contributed by atoms with Crippen LogP contribution in [0, 0.1) is 5.92 Å². The number of hydrogen-bond donors (Lipinski definition) is 0. The molecule has 0 amide bonds. The third-order valence-electron chi connectivity index (χ3n) is 3.04. The molecule has 0 aromatic carbocycles.